The summed E-state index contributed by atoms with van der Waals surface area (Å²) in [5.74, 6) is 0.0724. The maximum absolute atomic E-state index is 11.2. The summed E-state index contributed by atoms with van der Waals surface area (Å²) in [5, 5.41) is 7.07. The minimum atomic E-state index is 0.0724. The lowest BCUT2D eigenvalue weighted by Crippen LogP contribution is -2.41. The third-order valence-corrected chi connectivity index (χ3v) is 4.20. The first kappa shape index (κ1) is 15.9. The Balaban J connectivity index is 1.80. The highest BCUT2D eigenvalue weighted by atomic mass is 32.1. The van der Waals surface area contributed by atoms with Gasteiger partial charge in [0.2, 0.25) is 0 Å². The van der Waals surface area contributed by atoms with Gasteiger partial charge in [0, 0.05) is 23.8 Å². The molecule has 1 aromatic rings. The molecule has 2 rings (SSSR count). The molecule has 5 heteroatoms. The van der Waals surface area contributed by atoms with E-state index in [-0.39, 0.29) is 5.78 Å². The van der Waals surface area contributed by atoms with Crippen LogP contribution in [0.25, 0.3) is 0 Å². The van der Waals surface area contributed by atoms with Crippen molar-refractivity contribution in [1.82, 2.24) is 10.2 Å². The van der Waals surface area contributed by atoms with E-state index in [1.807, 2.05) is 24.3 Å². The third-order valence-electron chi connectivity index (χ3n) is 3.95. The average molecular weight is 305 g/mol. The zero-order valence-corrected chi connectivity index (χ0v) is 13.5. The van der Waals surface area contributed by atoms with Crippen molar-refractivity contribution in [1.29, 1.82) is 0 Å². The van der Waals surface area contributed by atoms with Crippen LogP contribution in [0.5, 0.6) is 0 Å². The second-order valence-electron chi connectivity index (χ2n) is 5.39. The van der Waals surface area contributed by atoms with Gasteiger partial charge >= 0.3 is 0 Å². The average Bonchev–Trinajstić information content (AvgIpc) is 2.93. The molecule has 114 valence electrons. The van der Waals surface area contributed by atoms with Crippen LogP contribution >= 0.6 is 12.2 Å². The number of carbonyl (C=O) groups excluding carboxylic acids is 1. The van der Waals surface area contributed by atoms with Crippen LogP contribution in [-0.2, 0) is 0 Å². The standard InChI is InChI=1S/C16H23N3OS/c1-3-19-10-4-5-15(19)11-17-16(21)18-14-8-6-13(7-9-14)12(2)20/h6-9,15H,3-5,10-11H2,1-2H3,(H2,17,18,21)/t15-/m1/s1. The largest absolute Gasteiger partial charge is 0.361 e. The first-order valence-corrected chi connectivity index (χ1v) is 7.91. The molecule has 1 aliphatic heterocycles. The Bertz CT molecular complexity index is 501. The number of likely N-dealkylation sites (N-methyl/N-ethyl adjacent to an activating group) is 1. The Labute approximate surface area is 131 Å². The van der Waals surface area contributed by atoms with E-state index in [0.717, 1.165) is 18.8 Å². The van der Waals surface area contributed by atoms with Gasteiger partial charge in [0.1, 0.15) is 0 Å². The van der Waals surface area contributed by atoms with Gasteiger partial charge in [-0.25, -0.2) is 0 Å². The number of benzene rings is 1. The molecule has 0 radical (unpaired) electrons. The summed E-state index contributed by atoms with van der Waals surface area (Å²) in [6.45, 7) is 6.93. The fraction of sp³-hybridized carbons (Fsp3) is 0.500. The quantitative estimate of drug-likeness (QED) is 0.647. The van der Waals surface area contributed by atoms with Crippen molar-refractivity contribution in [3.05, 3.63) is 29.8 Å². The molecule has 2 N–H and O–H groups in total. The maximum Gasteiger partial charge on any atom is 0.170 e. The Morgan fingerprint density at radius 2 is 2.10 bits per heavy atom. The van der Waals surface area contributed by atoms with E-state index in [9.17, 15) is 4.79 Å². The van der Waals surface area contributed by atoms with Crippen molar-refractivity contribution >= 4 is 28.8 Å². The molecule has 0 saturated carbocycles. The lowest BCUT2D eigenvalue weighted by molar-refractivity contribution is 0.101. The van der Waals surface area contributed by atoms with E-state index in [4.69, 9.17) is 12.2 Å². The molecule has 1 atom stereocenters. The van der Waals surface area contributed by atoms with Gasteiger partial charge in [-0.2, -0.15) is 0 Å². The normalized spacial score (nSPS) is 18.5. The molecule has 0 bridgehead atoms. The van der Waals surface area contributed by atoms with Gasteiger partial charge in [0.25, 0.3) is 0 Å². The first-order chi connectivity index (χ1) is 10.1. The van der Waals surface area contributed by atoms with Crippen molar-refractivity contribution in [2.24, 2.45) is 0 Å². The summed E-state index contributed by atoms with van der Waals surface area (Å²) in [6.07, 6.45) is 2.50. The SMILES string of the molecule is CCN1CCC[C@@H]1CNC(=S)Nc1ccc(C(C)=O)cc1. The Morgan fingerprint density at radius 1 is 1.38 bits per heavy atom. The molecule has 0 aliphatic carbocycles. The molecule has 0 amide bonds. The van der Waals surface area contributed by atoms with Crippen molar-refractivity contribution < 1.29 is 4.79 Å². The van der Waals surface area contributed by atoms with Crippen LogP contribution in [0.4, 0.5) is 5.69 Å². The van der Waals surface area contributed by atoms with Gasteiger partial charge in [-0.15, -0.1) is 0 Å². The van der Waals surface area contributed by atoms with Gasteiger partial charge in [0.05, 0.1) is 0 Å². The molecule has 1 aromatic carbocycles. The van der Waals surface area contributed by atoms with Gasteiger partial charge in [-0.3, -0.25) is 9.69 Å². The summed E-state index contributed by atoms with van der Waals surface area (Å²) in [4.78, 5) is 13.7. The number of hydrogen-bond acceptors (Lipinski definition) is 3. The number of carbonyl (C=O) groups is 1. The summed E-state index contributed by atoms with van der Waals surface area (Å²) in [6, 6.07) is 7.94. The second kappa shape index (κ2) is 7.52. The topological polar surface area (TPSA) is 44.4 Å². The number of nitrogens with one attached hydrogen (secondary N) is 2. The Hall–Kier alpha value is -1.46. The number of Topliss-reactive ketones (excluding diaryl/α,β-unsaturated/α-hetero) is 1. The van der Waals surface area contributed by atoms with Crippen LogP contribution in [0, 0.1) is 0 Å². The molecule has 1 aliphatic rings. The third kappa shape index (κ3) is 4.51. The highest BCUT2D eigenvalue weighted by Crippen LogP contribution is 2.15. The number of thiocarbonyl (C=S) groups is 1. The monoisotopic (exact) mass is 305 g/mol. The van der Waals surface area contributed by atoms with E-state index in [2.05, 4.69) is 22.5 Å². The van der Waals surface area contributed by atoms with Crippen molar-refractivity contribution in [3.63, 3.8) is 0 Å². The van der Waals surface area contributed by atoms with Crippen LogP contribution in [0.3, 0.4) is 0 Å². The highest BCUT2D eigenvalue weighted by molar-refractivity contribution is 7.80. The van der Waals surface area contributed by atoms with Crippen molar-refractivity contribution in [2.45, 2.75) is 32.7 Å². The number of anilines is 1. The van der Waals surface area contributed by atoms with Crippen LogP contribution in [-0.4, -0.2) is 41.5 Å². The first-order valence-electron chi connectivity index (χ1n) is 7.50. The maximum atomic E-state index is 11.2. The Kier molecular flexibility index (Phi) is 5.70. The van der Waals surface area contributed by atoms with Gasteiger partial charge in [0.15, 0.2) is 10.9 Å². The molecule has 4 nitrogen and oxygen atoms in total. The van der Waals surface area contributed by atoms with Crippen LogP contribution in [0.2, 0.25) is 0 Å². The Morgan fingerprint density at radius 3 is 2.71 bits per heavy atom. The zero-order valence-electron chi connectivity index (χ0n) is 12.7. The summed E-state index contributed by atoms with van der Waals surface area (Å²) >= 11 is 5.32. The van der Waals surface area contributed by atoms with Crippen molar-refractivity contribution in [2.75, 3.05) is 25.0 Å². The summed E-state index contributed by atoms with van der Waals surface area (Å²) < 4.78 is 0. The van der Waals surface area contributed by atoms with E-state index >= 15 is 0 Å². The predicted molar refractivity (Wildman–Crippen MR) is 90.9 cm³/mol. The zero-order chi connectivity index (χ0) is 15.2. The summed E-state index contributed by atoms with van der Waals surface area (Å²) in [5.41, 5.74) is 1.61. The van der Waals surface area contributed by atoms with E-state index in [1.165, 1.54) is 19.4 Å². The molecule has 1 saturated heterocycles. The molecular weight excluding hydrogens is 282 g/mol. The summed E-state index contributed by atoms with van der Waals surface area (Å²) in [7, 11) is 0. The second-order valence-corrected chi connectivity index (χ2v) is 5.80. The molecule has 1 heterocycles. The van der Waals surface area contributed by atoms with Gasteiger partial charge in [-0.1, -0.05) is 6.92 Å². The fourth-order valence-electron chi connectivity index (χ4n) is 2.72. The molecule has 1 fully saturated rings. The van der Waals surface area contributed by atoms with E-state index in [1.54, 1.807) is 6.92 Å². The molecule has 0 unspecified atom stereocenters. The number of hydrogen-bond donors (Lipinski definition) is 2. The van der Waals surface area contributed by atoms with Gasteiger partial charge < -0.3 is 10.6 Å². The molecular formula is C16H23N3OS. The van der Waals surface area contributed by atoms with Gasteiger partial charge in [-0.05, 0) is 69.3 Å². The molecule has 0 aromatic heterocycles. The van der Waals surface area contributed by atoms with E-state index < -0.39 is 0 Å². The van der Waals surface area contributed by atoms with Crippen LogP contribution in [0.1, 0.15) is 37.0 Å². The van der Waals surface area contributed by atoms with Crippen LogP contribution in [0.15, 0.2) is 24.3 Å². The smallest absolute Gasteiger partial charge is 0.170 e. The lowest BCUT2D eigenvalue weighted by atomic mass is 10.1. The molecule has 0 spiro atoms. The van der Waals surface area contributed by atoms with Crippen molar-refractivity contribution in [3.8, 4) is 0 Å². The number of ketones is 1. The number of rotatable bonds is 5. The predicted octanol–water partition coefficient (Wildman–Crippen LogP) is 2.66. The number of nitrogens with zero attached hydrogens (tertiary/aromatic N) is 1. The van der Waals surface area contributed by atoms with Crippen LogP contribution < -0.4 is 10.6 Å². The fourth-order valence-corrected chi connectivity index (χ4v) is 2.92. The van der Waals surface area contributed by atoms with E-state index in [0.29, 0.717) is 16.7 Å². The highest BCUT2D eigenvalue weighted by Gasteiger charge is 2.22. The molecule has 21 heavy (non-hydrogen) atoms. The number of likely N-dealkylation sites (tertiary alicyclic amines) is 1. The lowest BCUT2D eigenvalue weighted by Gasteiger charge is -2.23. The minimum absolute atomic E-state index is 0.0724. The minimum Gasteiger partial charge on any atom is -0.361 e.